The van der Waals surface area contributed by atoms with Crippen LogP contribution in [0.15, 0.2) is 42.5 Å². The smallest absolute Gasteiger partial charge is 0.127 e. The SMILES string of the molecule is Cc1c(C#N)ccc(/C(=C\CCN(C)C)c2ccc(F)cc2)c1O. The fraction of sp³-hybridized carbons (Fsp3) is 0.250. The molecule has 0 aliphatic rings. The van der Waals surface area contributed by atoms with E-state index in [9.17, 15) is 9.50 Å². The van der Waals surface area contributed by atoms with E-state index in [1.165, 1.54) is 12.1 Å². The lowest BCUT2D eigenvalue weighted by molar-refractivity contribution is 0.417. The van der Waals surface area contributed by atoms with E-state index in [1.54, 1.807) is 31.2 Å². The summed E-state index contributed by atoms with van der Waals surface area (Å²) in [4.78, 5) is 2.07. The lowest BCUT2D eigenvalue weighted by Gasteiger charge is -2.14. The molecule has 1 N–H and O–H groups in total. The highest BCUT2D eigenvalue weighted by Crippen LogP contribution is 2.34. The molecule has 0 aliphatic carbocycles. The Hall–Kier alpha value is -2.64. The maximum atomic E-state index is 13.2. The molecule has 0 saturated heterocycles. The summed E-state index contributed by atoms with van der Waals surface area (Å²) in [6, 6.07) is 11.7. The fourth-order valence-electron chi connectivity index (χ4n) is 2.52. The molecule has 3 nitrogen and oxygen atoms in total. The van der Waals surface area contributed by atoms with Crippen molar-refractivity contribution in [2.45, 2.75) is 13.3 Å². The van der Waals surface area contributed by atoms with Crippen molar-refractivity contribution in [3.05, 3.63) is 70.5 Å². The average molecular weight is 324 g/mol. The van der Waals surface area contributed by atoms with Crippen LogP contribution in [0.2, 0.25) is 0 Å². The summed E-state index contributed by atoms with van der Waals surface area (Å²) in [6.45, 7) is 2.58. The molecule has 0 unspecified atom stereocenters. The quantitative estimate of drug-likeness (QED) is 0.901. The van der Waals surface area contributed by atoms with Gasteiger partial charge in [0.25, 0.3) is 0 Å². The van der Waals surface area contributed by atoms with Crippen molar-refractivity contribution in [3.8, 4) is 11.8 Å². The first-order valence-electron chi connectivity index (χ1n) is 7.78. The summed E-state index contributed by atoms with van der Waals surface area (Å²) in [5, 5.41) is 19.6. The Labute approximate surface area is 142 Å². The molecule has 2 rings (SSSR count). The van der Waals surface area contributed by atoms with Crippen LogP contribution in [0.1, 0.15) is 28.7 Å². The monoisotopic (exact) mass is 324 g/mol. The van der Waals surface area contributed by atoms with Crippen molar-refractivity contribution in [1.82, 2.24) is 4.90 Å². The number of rotatable bonds is 5. The Morgan fingerprint density at radius 2 is 1.88 bits per heavy atom. The van der Waals surface area contributed by atoms with Gasteiger partial charge in [0.1, 0.15) is 11.6 Å². The van der Waals surface area contributed by atoms with E-state index in [1.807, 2.05) is 20.2 Å². The Kier molecular flexibility index (Phi) is 5.73. The topological polar surface area (TPSA) is 47.3 Å². The molecule has 0 saturated carbocycles. The van der Waals surface area contributed by atoms with E-state index < -0.39 is 0 Å². The molecule has 0 amide bonds. The third kappa shape index (κ3) is 4.01. The second-order valence-corrected chi connectivity index (χ2v) is 5.96. The maximum absolute atomic E-state index is 13.2. The van der Waals surface area contributed by atoms with Gasteiger partial charge in [-0.3, -0.25) is 0 Å². The van der Waals surface area contributed by atoms with Gasteiger partial charge < -0.3 is 10.0 Å². The van der Waals surface area contributed by atoms with Gasteiger partial charge in [-0.1, -0.05) is 18.2 Å². The molecule has 24 heavy (non-hydrogen) atoms. The van der Waals surface area contributed by atoms with E-state index in [-0.39, 0.29) is 11.6 Å². The predicted molar refractivity (Wildman–Crippen MR) is 94.2 cm³/mol. The summed E-state index contributed by atoms with van der Waals surface area (Å²) >= 11 is 0. The molecule has 0 radical (unpaired) electrons. The van der Waals surface area contributed by atoms with Crippen molar-refractivity contribution < 1.29 is 9.50 Å². The number of nitrogens with zero attached hydrogens (tertiary/aromatic N) is 2. The van der Waals surface area contributed by atoms with E-state index in [0.717, 1.165) is 24.1 Å². The summed E-state index contributed by atoms with van der Waals surface area (Å²) in [6.07, 6.45) is 2.83. The number of aromatic hydroxyl groups is 1. The number of nitriles is 1. The van der Waals surface area contributed by atoms with Gasteiger partial charge in [0.2, 0.25) is 0 Å². The minimum atomic E-state index is -0.299. The lowest BCUT2D eigenvalue weighted by Crippen LogP contribution is -2.12. The first kappa shape index (κ1) is 17.7. The molecule has 0 heterocycles. The van der Waals surface area contributed by atoms with Crippen LogP contribution >= 0.6 is 0 Å². The number of phenols is 1. The minimum absolute atomic E-state index is 0.0921. The lowest BCUT2D eigenvalue weighted by atomic mass is 9.93. The van der Waals surface area contributed by atoms with Gasteiger partial charge in [0, 0.05) is 17.7 Å². The molecule has 2 aromatic carbocycles. The van der Waals surface area contributed by atoms with Crippen LogP contribution in [0.4, 0.5) is 4.39 Å². The van der Waals surface area contributed by atoms with Crippen molar-refractivity contribution in [2.24, 2.45) is 0 Å². The van der Waals surface area contributed by atoms with Crippen LogP contribution < -0.4 is 0 Å². The van der Waals surface area contributed by atoms with Gasteiger partial charge in [-0.25, -0.2) is 4.39 Å². The molecular weight excluding hydrogens is 303 g/mol. The zero-order valence-corrected chi connectivity index (χ0v) is 14.2. The molecule has 0 aliphatic heterocycles. The maximum Gasteiger partial charge on any atom is 0.127 e. The molecule has 0 atom stereocenters. The second-order valence-electron chi connectivity index (χ2n) is 5.96. The number of benzene rings is 2. The third-order valence-electron chi connectivity index (χ3n) is 3.92. The van der Waals surface area contributed by atoms with Crippen molar-refractivity contribution in [1.29, 1.82) is 5.26 Å². The molecular formula is C20H21FN2O. The molecule has 0 spiro atoms. The van der Waals surface area contributed by atoms with Crippen LogP contribution in [0.25, 0.3) is 5.57 Å². The third-order valence-corrected chi connectivity index (χ3v) is 3.92. The van der Waals surface area contributed by atoms with E-state index >= 15 is 0 Å². The number of phenolic OH excluding ortho intramolecular Hbond substituents is 1. The number of halogens is 1. The highest BCUT2D eigenvalue weighted by atomic mass is 19.1. The summed E-state index contributed by atoms with van der Waals surface area (Å²) in [7, 11) is 3.99. The Bertz CT molecular complexity index is 787. The van der Waals surface area contributed by atoms with Crippen molar-refractivity contribution >= 4 is 5.57 Å². The van der Waals surface area contributed by atoms with Gasteiger partial charge in [0.05, 0.1) is 11.6 Å². The zero-order valence-electron chi connectivity index (χ0n) is 14.2. The van der Waals surface area contributed by atoms with Crippen molar-refractivity contribution in [2.75, 3.05) is 20.6 Å². The van der Waals surface area contributed by atoms with Crippen LogP contribution in [0, 0.1) is 24.1 Å². The van der Waals surface area contributed by atoms with Crippen molar-refractivity contribution in [3.63, 3.8) is 0 Å². The van der Waals surface area contributed by atoms with Crippen LogP contribution in [-0.4, -0.2) is 30.6 Å². The fourth-order valence-corrected chi connectivity index (χ4v) is 2.52. The van der Waals surface area contributed by atoms with Gasteiger partial charge in [-0.2, -0.15) is 5.26 Å². The average Bonchev–Trinajstić information content (AvgIpc) is 2.55. The molecule has 0 aromatic heterocycles. The standard InChI is InChI=1S/C20H21FN2O/c1-14-16(13-22)8-11-19(20(14)24)18(5-4-12-23(2)3)15-6-9-17(21)10-7-15/h5-11,24H,4,12H2,1-3H3/b18-5-. The Balaban J connectivity index is 2.52. The molecule has 0 fully saturated rings. The minimum Gasteiger partial charge on any atom is -0.507 e. The first-order valence-corrected chi connectivity index (χ1v) is 7.78. The highest BCUT2D eigenvalue weighted by Gasteiger charge is 2.14. The number of hydrogen-bond donors (Lipinski definition) is 1. The van der Waals surface area contributed by atoms with Gasteiger partial charge in [-0.15, -0.1) is 0 Å². The summed E-state index contributed by atoms with van der Waals surface area (Å²) in [5.41, 5.74) is 3.31. The van der Waals surface area contributed by atoms with Gasteiger partial charge in [-0.05, 0) is 62.8 Å². The van der Waals surface area contributed by atoms with Crippen LogP contribution in [0.5, 0.6) is 5.75 Å². The molecule has 4 heteroatoms. The second kappa shape index (κ2) is 7.76. The van der Waals surface area contributed by atoms with E-state index in [4.69, 9.17) is 5.26 Å². The van der Waals surface area contributed by atoms with E-state index in [0.29, 0.717) is 16.7 Å². The predicted octanol–water partition coefficient (Wildman–Crippen LogP) is 4.09. The molecule has 0 bridgehead atoms. The largest absolute Gasteiger partial charge is 0.507 e. The molecule has 124 valence electrons. The molecule has 2 aromatic rings. The van der Waals surface area contributed by atoms with Gasteiger partial charge in [0.15, 0.2) is 0 Å². The van der Waals surface area contributed by atoms with Crippen LogP contribution in [-0.2, 0) is 0 Å². The Morgan fingerprint density at radius 3 is 2.46 bits per heavy atom. The zero-order chi connectivity index (χ0) is 17.7. The normalized spacial score (nSPS) is 11.6. The Morgan fingerprint density at radius 1 is 1.21 bits per heavy atom. The van der Waals surface area contributed by atoms with E-state index in [2.05, 4.69) is 11.0 Å². The van der Waals surface area contributed by atoms with Crippen LogP contribution in [0.3, 0.4) is 0 Å². The summed E-state index contributed by atoms with van der Waals surface area (Å²) < 4.78 is 13.2. The first-order chi connectivity index (χ1) is 11.4. The van der Waals surface area contributed by atoms with Gasteiger partial charge >= 0.3 is 0 Å². The number of hydrogen-bond acceptors (Lipinski definition) is 3. The highest BCUT2D eigenvalue weighted by molar-refractivity contribution is 5.83. The summed E-state index contributed by atoms with van der Waals surface area (Å²) in [5.74, 6) is -0.207.